The Labute approximate surface area is 132 Å². The zero-order valence-electron chi connectivity index (χ0n) is 13.3. The Bertz CT molecular complexity index is 941. The Hall–Kier alpha value is -2.89. The molecule has 0 aliphatic carbocycles. The van der Waals surface area contributed by atoms with Crippen LogP contribution in [0.2, 0.25) is 0 Å². The normalized spacial score (nSPS) is 10.8. The predicted molar refractivity (Wildman–Crippen MR) is 86.2 cm³/mol. The smallest absolute Gasteiger partial charge is 0.208 e. The number of hydrogen-bond acceptors (Lipinski definition) is 6. The van der Waals surface area contributed by atoms with Crippen LogP contribution in [0.1, 0.15) is 0 Å². The number of fused-ring (bicyclic) bond motifs is 2. The molecule has 120 valence electrons. The largest absolute Gasteiger partial charge is 0.497 e. The van der Waals surface area contributed by atoms with Crippen LogP contribution < -0.4 is 24.4 Å². The molecule has 1 aromatic heterocycles. The highest BCUT2D eigenvalue weighted by molar-refractivity contribution is 5.95. The van der Waals surface area contributed by atoms with E-state index in [1.807, 2.05) is 0 Å². The molecule has 0 atom stereocenters. The maximum atomic E-state index is 12.8. The lowest BCUT2D eigenvalue weighted by atomic mass is 10.1. The van der Waals surface area contributed by atoms with Crippen molar-refractivity contribution >= 4 is 21.9 Å². The first-order valence-electron chi connectivity index (χ1n) is 6.88. The van der Waals surface area contributed by atoms with Crippen molar-refractivity contribution in [2.45, 2.75) is 0 Å². The van der Waals surface area contributed by atoms with Crippen molar-refractivity contribution < 1.29 is 23.4 Å². The van der Waals surface area contributed by atoms with Crippen LogP contribution in [0.15, 0.2) is 33.5 Å². The highest BCUT2D eigenvalue weighted by Gasteiger charge is 2.21. The Morgan fingerprint density at radius 1 is 0.826 bits per heavy atom. The van der Waals surface area contributed by atoms with Gasteiger partial charge in [0, 0.05) is 6.07 Å². The molecule has 0 bridgehead atoms. The molecule has 0 spiro atoms. The average Bonchev–Trinajstić information content (AvgIpc) is 2.59. The van der Waals surface area contributed by atoms with Crippen LogP contribution in [0, 0.1) is 0 Å². The second-order valence-electron chi connectivity index (χ2n) is 4.82. The number of benzene rings is 2. The molecule has 0 aliphatic heterocycles. The van der Waals surface area contributed by atoms with E-state index in [1.165, 1.54) is 21.3 Å². The van der Waals surface area contributed by atoms with Crippen LogP contribution in [0.25, 0.3) is 21.9 Å². The third-order valence-corrected chi connectivity index (χ3v) is 3.67. The number of ether oxygens (including phenoxy) is 4. The summed E-state index contributed by atoms with van der Waals surface area (Å²) in [6.45, 7) is 0. The van der Waals surface area contributed by atoms with E-state index in [4.69, 9.17) is 23.4 Å². The summed E-state index contributed by atoms with van der Waals surface area (Å²) in [4.78, 5) is 12.8. The van der Waals surface area contributed by atoms with E-state index in [0.29, 0.717) is 44.9 Å². The fourth-order valence-corrected chi connectivity index (χ4v) is 2.56. The van der Waals surface area contributed by atoms with E-state index in [9.17, 15) is 4.79 Å². The molecule has 0 saturated heterocycles. The summed E-state index contributed by atoms with van der Waals surface area (Å²) < 4.78 is 27.1. The van der Waals surface area contributed by atoms with Gasteiger partial charge in [0.1, 0.15) is 11.3 Å². The standard InChI is InChI=1S/C17H16O6/c1-19-9-5-6-10-12(7-9)23-15-11(14(10)18)8-13(20-2)16(21-3)17(15)22-4/h5-8H,1-4H3. The summed E-state index contributed by atoms with van der Waals surface area (Å²) >= 11 is 0. The molecule has 3 rings (SSSR count). The first-order chi connectivity index (χ1) is 11.1. The molecule has 0 fully saturated rings. The zero-order chi connectivity index (χ0) is 16.6. The van der Waals surface area contributed by atoms with Gasteiger partial charge in [0.15, 0.2) is 11.3 Å². The third kappa shape index (κ3) is 2.23. The van der Waals surface area contributed by atoms with Gasteiger partial charge < -0.3 is 23.4 Å². The fraction of sp³-hybridized carbons (Fsp3) is 0.235. The molecular formula is C17H16O6. The van der Waals surface area contributed by atoms with E-state index >= 15 is 0 Å². The highest BCUT2D eigenvalue weighted by Crippen LogP contribution is 2.43. The summed E-state index contributed by atoms with van der Waals surface area (Å²) in [5.74, 6) is 1.67. The molecule has 2 aromatic carbocycles. The van der Waals surface area contributed by atoms with E-state index < -0.39 is 0 Å². The molecule has 1 heterocycles. The Balaban J connectivity index is 2.50. The van der Waals surface area contributed by atoms with Gasteiger partial charge in [0.25, 0.3) is 0 Å². The zero-order valence-corrected chi connectivity index (χ0v) is 13.3. The minimum absolute atomic E-state index is 0.178. The molecule has 0 N–H and O–H groups in total. The lowest BCUT2D eigenvalue weighted by Crippen LogP contribution is -2.05. The third-order valence-electron chi connectivity index (χ3n) is 3.67. The van der Waals surface area contributed by atoms with Gasteiger partial charge in [-0.3, -0.25) is 4.79 Å². The van der Waals surface area contributed by atoms with Gasteiger partial charge in [-0.1, -0.05) is 0 Å². The summed E-state index contributed by atoms with van der Waals surface area (Å²) in [5.41, 5.74) is 0.534. The number of methoxy groups -OCH3 is 4. The Kier molecular flexibility index (Phi) is 3.73. The van der Waals surface area contributed by atoms with Crippen molar-refractivity contribution in [3.8, 4) is 23.0 Å². The number of rotatable bonds is 4. The molecular weight excluding hydrogens is 300 g/mol. The van der Waals surface area contributed by atoms with Gasteiger partial charge in [0.2, 0.25) is 16.9 Å². The molecule has 6 nitrogen and oxygen atoms in total. The molecule has 23 heavy (non-hydrogen) atoms. The molecule has 6 heteroatoms. The highest BCUT2D eigenvalue weighted by atomic mass is 16.5. The molecule has 0 amide bonds. The molecule has 0 saturated carbocycles. The minimum Gasteiger partial charge on any atom is -0.497 e. The van der Waals surface area contributed by atoms with Crippen LogP contribution >= 0.6 is 0 Å². The first-order valence-corrected chi connectivity index (χ1v) is 6.88. The van der Waals surface area contributed by atoms with Crippen LogP contribution in [0.5, 0.6) is 23.0 Å². The average molecular weight is 316 g/mol. The molecule has 0 unspecified atom stereocenters. The van der Waals surface area contributed by atoms with Crippen LogP contribution in [0.4, 0.5) is 0 Å². The Morgan fingerprint density at radius 2 is 1.57 bits per heavy atom. The second-order valence-corrected chi connectivity index (χ2v) is 4.82. The maximum absolute atomic E-state index is 12.8. The van der Waals surface area contributed by atoms with Crippen molar-refractivity contribution in [3.63, 3.8) is 0 Å². The lowest BCUT2D eigenvalue weighted by Gasteiger charge is -2.14. The quantitative estimate of drug-likeness (QED) is 0.689. The van der Waals surface area contributed by atoms with Crippen molar-refractivity contribution in [3.05, 3.63) is 34.5 Å². The fourth-order valence-electron chi connectivity index (χ4n) is 2.56. The van der Waals surface area contributed by atoms with Gasteiger partial charge in [0.05, 0.1) is 39.2 Å². The topological polar surface area (TPSA) is 67.1 Å². The van der Waals surface area contributed by atoms with Crippen molar-refractivity contribution in [2.24, 2.45) is 0 Å². The number of hydrogen-bond donors (Lipinski definition) is 0. The Morgan fingerprint density at radius 3 is 2.17 bits per heavy atom. The summed E-state index contributed by atoms with van der Waals surface area (Å²) in [7, 11) is 6.02. The van der Waals surface area contributed by atoms with Crippen LogP contribution in [0.3, 0.4) is 0 Å². The van der Waals surface area contributed by atoms with Gasteiger partial charge in [-0.15, -0.1) is 0 Å². The van der Waals surface area contributed by atoms with Crippen molar-refractivity contribution in [2.75, 3.05) is 28.4 Å². The van der Waals surface area contributed by atoms with Gasteiger partial charge in [-0.25, -0.2) is 0 Å². The monoisotopic (exact) mass is 316 g/mol. The SMILES string of the molecule is COc1ccc2c(=O)c3cc(OC)c(OC)c(OC)c3oc2c1. The lowest BCUT2D eigenvalue weighted by molar-refractivity contribution is 0.324. The van der Waals surface area contributed by atoms with E-state index in [-0.39, 0.29) is 5.43 Å². The summed E-state index contributed by atoms with van der Waals surface area (Å²) in [6, 6.07) is 6.63. The van der Waals surface area contributed by atoms with Crippen LogP contribution in [-0.4, -0.2) is 28.4 Å². The summed E-state index contributed by atoms with van der Waals surface area (Å²) in [5, 5.41) is 0.810. The summed E-state index contributed by atoms with van der Waals surface area (Å²) in [6.07, 6.45) is 0. The van der Waals surface area contributed by atoms with Gasteiger partial charge >= 0.3 is 0 Å². The minimum atomic E-state index is -0.178. The first kappa shape index (κ1) is 15.0. The molecule has 0 radical (unpaired) electrons. The van der Waals surface area contributed by atoms with E-state index in [0.717, 1.165) is 0 Å². The van der Waals surface area contributed by atoms with Gasteiger partial charge in [-0.05, 0) is 18.2 Å². The molecule has 3 aromatic rings. The maximum Gasteiger partial charge on any atom is 0.208 e. The second kappa shape index (κ2) is 5.72. The van der Waals surface area contributed by atoms with Crippen molar-refractivity contribution in [1.29, 1.82) is 0 Å². The predicted octanol–water partition coefficient (Wildman–Crippen LogP) is 2.98. The van der Waals surface area contributed by atoms with E-state index in [1.54, 1.807) is 31.4 Å². The van der Waals surface area contributed by atoms with Gasteiger partial charge in [-0.2, -0.15) is 0 Å². The van der Waals surface area contributed by atoms with Crippen LogP contribution in [-0.2, 0) is 0 Å². The van der Waals surface area contributed by atoms with E-state index in [2.05, 4.69) is 0 Å². The van der Waals surface area contributed by atoms with Crippen molar-refractivity contribution in [1.82, 2.24) is 0 Å². The molecule has 0 aliphatic rings.